The van der Waals surface area contributed by atoms with Gasteiger partial charge < -0.3 is 9.15 Å². The highest BCUT2D eigenvalue weighted by molar-refractivity contribution is 6.39. The van der Waals surface area contributed by atoms with Crippen LogP contribution >= 0.6 is 0 Å². The van der Waals surface area contributed by atoms with Gasteiger partial charge in [0.1, 0.15) is 11.3 Å². The first-order valence-corrected chi connectivity index (χ1v) is 6.68. The van der Waals surface area contributed by atoms with Gasteiger partial charge in [-0.3, -0.25) is 14.9 Å². The third-order valence-electron chi connectivity index (χ3n) is 3.27. The summed E-state index contributed by atoms with van der Waals surface area (Å²) in [4.78, 5) is 37.5. The molecular weight excluding hydrogens is 300 g/mol. The minimum Gasteiger partial charge on any atom is -0.497 e. The minimum absolute atomic E-state index is 0.159. The Labute approximate surface area is 131 Å². The molecule has 116 valence electrons. The van der Waals surface area contributed by atoms with Crippen molar-refractivity contribution in [3.63, 3.8) is 0 Å². The van der Waals surface area contributed by atoms with Crippen molar-refractivity contribution in [3.8, 4) is 5.75 Å². The quantitative estimate of drug-likeness (QED) is 0.691. The molecular formula is C16H12N2O5. The second kappa shape index (κ2) is 5.80. The zero-order valence-corrected chi connectivity index (χ0v) is 12.1. The molecule has 1 aromatic heterocycles. The number of nitrogens with zero attached hydrogens (tertiary/aromatic N) is 1. The van der Waals surface area contributed by atoms with Crippen LogP contribution < -0.4 is 15.0 Å². The molecule has 1 saturated heterocycles. The minimum atomic E-state index is -0.808. The Morgan fingerprint density at radius 3 is 2.74 bits per heavy atom. The fraction of sp³-hybridized carbons (Fsp3) is 0.0625. The Morgan fingerprint density at radius 2 is 2.04 bits per heavy atom. The number of hydrogen-bond donors (Lipinski definition) is 1. The van der Waals surface area contributed by atoms with Gasteiger partial charge in [-0.2, -0.15) is 0 Å². The summed E-state index contributed by atoms with van der Waals surface area (Å²) < 4.78 is 9.99. The summed E-state index contributed by atoms with van der Waals surface area (Å²) in [6.45, 7) is 0. The lowest BCUT2D eigenvalue weighted by molar-refractivity contribution is -0.122. The number of anilines is 1. The number of hydrogen-bond acceptors (Lipinski definition) is 5. The maximum absolute atomic E-state index is 12.6. The van der Waals surface area contributed by atoms with E-state index >= 15 is 0 Å². The molecule has 1 aromatic carbocycles. The zero-order valence-electron chi connectivity index (χ0n) is 12.1. The first-order valence-electron chi connectivity index (χ1n) is 6.68. The predicted molar refractivity (Wildman–Crippen MR) is 80.7 cm³/mol. The van der Waals surface area contributed by atoms with Gasteiger partial charge >= 0.3 is 6.03 Å². The fourth-order valence-corrected chi connectivity index (χ4v) is 2.17. The van der Waals surface area contributed by atoms with Gasteiger partial charge in [-0.1, -0.05) is 6.07 Å². The molecule has 7 heteroatoms. The van der Waals surface area contributed by atoms with Crippen LogP contribution in [-0.4, -0.2) is 25.0 Å². The van der Waals surface area contributed by atoms with Gasteiger partial charge in [-0.05, 0) is 24.3 Å². The molecule has 0 aliphatic carbocycles. The molecule has 0 spiro atoms. The van der Waals surface area contributed by atoms with Crippen molar-refractivity contribution < 1.29 is 23.5 Å². The number of barbiturate groups is 1. The number of amides is 4. The van der Waals surface area contributed by atoms with Gasteiger partial charge in [0.05, 0.1) is 25.3 Å². The van der Waals surface area contributed by atoms with Crippen molar-refractivity contribution in [2.45, 2.75) is 0 Å². The van der Waals surface area contributed by atoms with E-state index in [0.29, 0.717) is 17.0 Å². The number of rotatable bonds is 3. The van der Waals surface area contributed by atoms with E-state index in [0.717, 1.165) is 4.90 Å². The number of ether oxygens (including phenoxy) is 1. The van der Waals surface area contributed by atoms with E-state index in [1.165, 1.54) is 31.8 Å². The number of carbonyl (C=O) groups is 3. The maximum atomic E-state index is 12.6. The number of furan rings is 1. The molecule has 1 fully saturated rings. The molecule has 2 heterocycles. The first-order chi connectivity index (χ1) is 11.1. The van der Waals surface area contributed by atoms with E-state index < -0.39 is 17.8 Å². The summed E-state index contributed by atoms with van der Waals surface area (Å²) in [6.07, 6.45) is 4.17. The molecule has 1 aliphatic heterocycles. The molecule has 1 aliphatic rings. The van der Waals surface area contributed by atoms with Crippen LogP contribution in [0, 0.1) is 0 Å². The number of methoxy groups -OCH3 is 1. The third kappa shape index (κ3) is 2.71. The molecule has 3 rings (SSSR count). The standard InChI is InChI=1S/C16H12N2O5/c1-22-12-4-2-3-11(8-12)18-15(20)13(14(19)17-16(18)21)7-10-5-6-23-9-10/h2-9H,1H3,(H,17,19,21)/b13-7+. The lowest BCUT2D eigenvalue weighted by Gasteiger charge is -2.26. The summed E-state index contributed by atoms with van der Waals surface area (Å²) in [6, 6.07) is 7.22. The van der Waals surface area contributed by atoms with Crippen molar-refractivity contribution in [2.75, 3.05) is 12.0 Å². The largest absolute Gasteiger partial charge is 0.497 e. The summed E-state index contributed by atoms with van der Waals surface area (Å²) in [5, 5.41) is 2.15. The monoisotopic (exact) mass is 312 g/mol. The topological polar surface area (TPSA) is 88.8 Å². The molecule has 0 radical (unpaired) electrons. The normalized spacial score (nSPS) is 16.7. The lowest BCUT2D eigenvalue weighted by atomic mass is 10.1. The van der Waals surface area contributed by atoms with Gasteiger partial charge in [0.15, 0.2) is 0 Å². The molecule has 1 N–H and O–H groups in total. The molecule has 0 atom stereocenters. The van der Waals surface area contributed by atoms with Crippen LogP contribution in [0.3, 0.4) is 0 Å². The van der Waals surface area contributed by atoms with Crippen molar-refractivity contribution in [1.82, 2.24) is 5.32 Å². The van der Waals surface area contributed by atoms with Crippen molar-refractivity contribution in [1.29, 1.82) is 0 Å². The average Bonchev–Trinajstić information content (AvgIpc) is 3.04. The molecule has 0 bridgehead atoms. The molecule has 2 aromatic rings. The van der Waals surface area contributed by atoms with Crippen LogP contribution in [0.5, 0.6) is 5.75 Å². The summed E-state index contributed by atoms with van der Waals surface area (Å²) in [5.41, 5.74) is 0.690. The SMILES string of the molecule is COc1cccc(N2C(=O)NC(=O)/C(=C\c3ccoc3)C2=O)c1. The average molecular weight is 312 g/mol. The molecule has 23 heavy (non-hydrogen) atoms. The summed E-state index contributed by atoms with van der Waals surface area (Å²) in [5.74, 6) is -0.978. The van der Waals surface area contributed by atoms with Crippen LogP contribution in [0.2, 0.25) is 0 Å². The molecule has 7 nitrogen and oxygen atoms in total. The van der Waals surface area contributed by atoms with E-state index in [-0.39, 0.29) is 5.57 Å². The number of urea groups is 1. The fourth-order valence-electron chi connectivity index (χ4n) is 2.17. The number of imide groups is 2. The Bertz CT molecular complexity index is 808. The Hall–Kier alpha value is -3.35. The van der Waals surface area contributed by atoms with Crippen LogP contribution in [0.15, 0.2) is 52.8 Å². The van der Waals surface area contributed by atoms with Gasteiger partial charge in [0, 0.05) is 11.6 Å². The number of nitrogens with one attached hydrogen (secondary N) is 1. The van der Waals surface area contributed by atoms with E-state index in [4.69, 9.17) is 9.15 Å². The summed E-state index contributed by atoms with van der Waals surface area (Å²) >= 11 is 0. The van der Waals surface area contributed by atoms with E-state index in [2.05, 4.69) is 5.32 Å². The Morgan fingerprint density at radius 1 is 1.22 bits per heavy atom. The van der Waals surface area contributed by atoms with E-state index in [9.17, 15) is 14.4 Å². The molecule has 4 amide bonds. The number of benzene rings is 1. The highest BCUT2D eigenvalue weighted by Gasteiger charge is 2.36. The first kappa shape index (κ1) is 14.6. The van der Waals surface area contributed by atoms with Gasteiger partial charge in [0.25, 0.3) is 11.8 Å². The Balaban J connectivity index is 2.01. The van der Waals surface area contributed by atoms with Gasteiger partial charge in [-0.15, -0.1) is 0 Å². The van der Waals surface area contributed by atoms with E-state index in [1.807, 2.05) is 0 Å². The highest BCUT2D eigenvalue weighted by atomic mass is 16.5. The van der Waals surface area contributed by atoms with Gasteiger partial charge in [0.2, 0.25) is 0 Å². The Kier molecular flexibility index (Phi) is 3.68. The maximum Gasteiger partial charge on any atom is 0.335 e. The van der Waals surface area contributed by atoms with Crippen LogP contribution in [0.25, 0.3) is 6.08 Å². The third-order valence-corrected chi connectivity index (χ3v) is 3.27. The van der Waals surface area contributed by atoms with Crippen molar-refractivity contribution in [2.24, 2.45) is 0 Å². The molecule has 0 unspecified atom stereocenters. The second-order valence-electron chi connectivity index (χ2n) is 4.72. The zero-order chi connectivity index (χ0) is 16.4. The van der Waals surface area contributed by atoms with Crippen molar-refractivity contribution in [3.05, 3.63) is 54.0 Å². The van der Waals surface area contributed by atoms with Crippen LogP contribution in [0.4, 0.5) is 10.5 Å². The number of carbonyl (C=O) groups excluding carboxylic acids is 3. The van der Waals surface area contributed by atoms with E-state index in [1.54, 1.807) is 24.3 Å². The second-order valence-corrected chi connectivity index (χ2v) is 4.72. The highest BCUT2D eigenvalue weighted by Crippen LogP contribution is 2.25. The van der Waals surface area contributed by atoms with Crippen LogP contribution in [-0.2, 0) is 9.59 Å². The van der Waals surface area contributed by atoms with Gasteiger partial charge in [-0.25, -0.2) is 9.69 Å². The molecule has 0 saturated carbocycles. The summed E-state index contributed by atoms with van der Waals surface area (Å²) in [7, 11) is 1.48. The predicted octanol–water partition coefficient (Wildman–Crippen LogP) is 1.95. The smallest absolute Gasteiger partial charge is 0.335 e. The van der Waals surface area contributed by atoms with Crippen LogP contribution in [0.1, 0.15) is 5.56 Å². The lowest BCUT2D eigenvalue weighted by Crippen LogP contribution is -2.54. The van der Waals surface area contributed by atoms with Crippen molar-refractivity contribution >= 4 is 29.6 Å².